The third-order valence-corrected chi connectivity index (χ3v) is 5.81. The number of hydrogen-bond donors (Lipinski definition) is 2. The Morgan fingerprint density at radius 2 is 2.06 bits per heavy atom. The zero-order chi connectivity index (χ0) is 26.0. The van der Waals surface area contributed by atoms with Crippen molar-refractivity contribution in [2.45, 2.75) is 33.8 Å². The lowest BCUT2D eigenvalue weighted by molar-refractivity contribution is 0.199. The van der Waals surface area contributed by atoms with Crippen LogP contribution in [0.25, 0.3) is 22.7 Å². The molecule has 9 nitrogen and oxygen atoms in total. The number of halogens is 1. The van der Waals surface area contributed by atoms with E-state index in [9.17, 15) is 10.4 Å². The maximum absolute atomic E-state index is 10.4. The van der Waals surface area contributed by atoms with Crippen molar-refractivity contribution in [3.63, 3.8) is 0 Å². The Bertz CT molecular complexity index is 1560. The molecule has 1 unspecified atom stereocenters. The van der Waals surface area contributed by atoms with E-state index in [0.29, 0.717) is 28.7 Å². The van der Waals surface area contributed by atoms with Crippen LogP contribution in [0.15, 0.2) is 65.2 Å². The van der Waals surface area contributed by atoms with Gasteiger partial charge in [-0.3, -0.25) is 4.57 Å². The highest BCUT2D eigenvalue weighted by atomic mass is 35.5. The molecule has 0 aliphatic heterocycles. The second-order valence-corrected chi connectivity index (χ2v) is 8.85. The van der Waals surface area contributed by atoms with Crippen molar-refractivity contribution < 1.29 is 5.11 Å². The molecule has 4 aromatic rings. The first-order chi connectivity index (χ1) is 17.2. The molecule has 3 heterocycles. The van der Waals surface area contributed by atoms with Gasteiger partial charge in [-0.2, -0.15) is 10.4 Å². The highest BCUT2D eigenvalue weighted by Gasteiger charge is 2.20. The minimum atomic E-state index is -0.863. The Labute approximate surface area is 213 Å². The molecule has 0 fully saturated rings. The number of hydrogen-bond acceptors (Lipinski definition) is 7. The topological polar surface area (TPSA) is 117 Å². The Morgan fingerprint density at radius 1 is 1.28 bits per heavy atom. The van der Waals surface area contributed by atoms with Gasteiger partial charge in [0, 0.05) is 16.9 Å². The highest BCUT2D eigenvalue weighted by Crippen LogP contribution is 2.32. The first-order valence-corrected chi connectivity index (χ1v) is 11.5. The van der Waals surface area contributed by atoms with Crippen LogP contribution in [0.1, 0.15) is 43.8 Å². The van der Waals surface area contributed by atoms with Crippen molar-refractivity contribution in [2.24, 2.45) is 4.99 Å². The molecule has 0 bridgehead atoms. The number of rotatable bonds is 7. The van der Waals surface area contributed by atoms with Crippen LogP contribution >= 0.6 is 11.6 Å². The van der Waals surface area contributed by atoms with Gasteiger partial charge in [-0.1, -0.05) is 23.3 Å². The molecular weight excluding hydrogens is 476 g/mol. The molecule has 0 aliphatic carbocycles. The molecule has 0 radical (unpaired) electrons. The van der Waals surface area contributed by atoms with Crippen LogP contribution in [0.5, 0.6) is 0 Å². The Balaban J connectivity index is 1.86. The fourth-order valence-electron chi connectivity index (χ4n) is 3.63. The van der Waals surface area contributed by atoms with Crippen LogP contribution in [0.2, 0.25) is 5.02 Å². The molecule has 3 aromatic heterocycles. The third-order valence-electron chi connectivity index (χ3n) is 5.42. The lowest BCUT2D eigenvalue weighted by Crippen LogP contribution is -2.10. The fourth-order valence-corrected chi connectivity index (χ4v) is 3.96. The van der Waals surface area contributed by atoms with Gasteiger partial charge in [0.05, 0.1) is 22.2 Å². The molecule has 36 heavy (non-hydrogen) atoms. The van der Waals surface area contributed by atoms with Crippen LogP contribution in [-0.4, -0.2) is 36.1 Å². The molecule has 0 saturated carbocycles. The van der Waals surface area contributed by atoms with E-state index in [1.54, 1.807) is 36.9 Å². The number of nitrogens with one attached hydrogen (secondary N) is 1. The summed E-state index contributed by atoms with van der Waals surface area (Å²) in [6.45, 7) is 11.1. The molecule has 1 aromatic carbocycles. The van der Waals surface area contributed by atoms with Gasteiger partial charge in [0.1, 0.15) is 24.0 Å². The van der Waals surface area contributed by atoms with Gasteiger partial charge in [-0.15, -0.1) is 0 Å². The number of aliphatic hydroxyl groups excluding tert-OH is 1. The third kappa shape index (κ3) is 4.91. The summed E-state index contributed by atoms with van der Waals surface area (Å²) in [5, 5.41) is 27.5. The molecular formula is C26H25ClN8O. The summed E-state index contributed by atoms with van der Waals surface area (Å²) in [7, 11) is 0. The summed E-state index contributed by atoms with van der Waals surface area (Å²) >= 11 is 6.64. The molecule has 2 N–H and O–H groups in total. The number of aliphatic hydroxyl groups is 1. The minimum Gasteiger partial charge on any atom is -0.389 e. The Kier molecular flexibility index (Phi) is 7.01. The average molecular weight is 501 g/mol. The quantitative estimate of drug-likeness (QED) is 0.259. The van der Waals surface area contributed by atoms with Crippen LogP contribution < -0.4 is 5.32 Å². The van der Waals surface area contributed by atoms with E-state index in [4.69, 9.17) is 16.6 Å². The summed E-state index contributed by atoms with van der Waals surface area (Å²) in [4.78, 5) is 13.3. The second-order valence-electron chi connectivity index (χ2n) is 8.47. The lowest BCUT2D eigenvalue weighted by Gasteiger charge is -2.15. The molecule has 4 rings (SSSR count). The molecule has 0 spiro atoms. The largest absolute Gasteiger partial charge is 0.389 e. The second kappa shape index (κ2) is 10.2. The number of allylic oxidation sites excluding steroid dienone is 3. The van der Waals surface area contributed by atoms with Gasteiger partial charge in [-0.25, -0.2) is 19.6 Å². The molecule has 0 amide bonds. The normalized spacial score (nSPS) is 12.3. The summed E-state index contributed by atoms with van der Waals surface area (Å²) in [5.41, 5.74) is 4.86. The fraction of sp³-hybridized carbons (Fsp3) is 0.192. The van der Waals surface area contributed by atoms with Crippen molar-refractivity contribution in [3.05, 3.63) is 82.2 Å². The van der Waals surface area contributed by atoms with Gasteiger partial charge in [0.25, 0.3) is 0 Å². The number of aliphatic imine (C=N–C) groups is 1. The standard InChI is InChI=1S/C26H25ClN8O/c1-15(2)6-9-23(29-5)31-18-7-8-21-22(11-18)34(14-30-21)24-12-20(17(4)36)25(27)26(32-24)35-16(3)10-19(13-28)33-35/h6-12,14,17,31,36H,5H2,1-4H3/b23-9+. The average Bonchev–Trinajstić information content (AvgIpc) is 3.44. The summed E-state index contributed by atoms with van der Waals surface area (Å²) in [5.74, 6) is 1.40. The number of nitriles is 1. The number of aromatic nitrogens is 5. The minimum absolute atomic E-state index is 0.242. The van der Waals surface area contributed by atoms with E-state index in [2.05, 4.69) is 27.1 Å². The van der Waals surface area contributed by atoms with E-state index in [-0.39, 0.29) is 10.7 Å². The molecule has 10 heteroatoms. The Hall–Kier alpha value is -4.26. The van der Waals surface area contributed by atoms with E-state index in [0.717, 1.165) is 22.3 Å². The summed E-state index contributed by atoms with van der Waals surface area (Å²) in [6.07, 6.45) is 4.60. The van der Waals surface area contributed by atoms with Crippen LogP contribution in [0, 0.1) is 18.3 Å². The van der Waals surface area contributed by atoms with Crippen LogP contribution in [0.4, 0.5) is 5.69 Å². The van der Waals surface area contributed by atoms with E-state index >= 15 is 0 Å². The lowest BCUT2D eigenvalue weighted by atomic mass is 10.1. The van der Waals surface area contributed by atoms with Gasteiger partial charge < -0.3 is 10.4 Å². The first kappa shape index (κ1) is 24.9. The van der Waals surface area contributed by atoms with Crippen LogP contribution in [0.3, 0.4) is 0 Å². The van der Waals surface area contributed by atoms with Crippen molar-refractivity contribution in [1.82, 2.24) is 24.3 Å². The number of anilines is 1. The van der Waals surface area contributed by atoms with Crippen molar-refractivity contribution in [2.75, 3.05) is 5.32 Å². The van der Waals surface area contributed by atoms with Gasteiger partial charge in [-0.05, 0) is 70.8 Å². The summed E-state index contributed by atoms with van der Waals surface area (Å²) in [6, 6.07) is 11.1. The first-order valence-electron chi connectivity index (χ1n) is 11.1. The Morgan fingerprint density at radius 3 is 2.69 bits per heavy atom. The number of nitrogens with zero attached hydrogens (tertiary/aromatic N) is 7. The summed E-state index contributed by atoms with van der Waals surface area (Å²) < 4.78 is 3.30. The molecule has 0 saturated heterocycles. The van der Waals surface area contributed by atoms with Crippen LogP contribution in [-0.2, 0) is 0 Å². The van der Waals surface area contributed by atoms with Gasteiger partial charge in [0.2, 0.25) is 0 Å². The zero-order valence-corrected chi connectivity index (χ0v) is 21.1. The monoisotopic (exact) mass is 500 g/mol. The number of benzene rings is 1. The number of fused-ring (bicyclic) bond motifs is 1. The SMILES string of the molecule is C=N/C(=C\C=C(C)C)Nc1ccc2ncn(-c3cc(C(C)O)c(Cl)c(-n4nc(C#N)cc4C)n3)c2c1. The van der Waals surface area contributed by atoms with Crippen molar-refractivity contribution >= 4 is 35.0 Å². The van der Waals surface area contributed by atoms with Gasteiger partial charge in [0.15, 0.2) is 11.5 Å². The predicted octanol–water partition coefficient (Wildman–Crippen LogP) is 5.41. The van der Waals surface area contributed by atoms with E-state index in [1.165, 1.54) is 4.68 Å². The number of imidazole rings is 1. The van der Waals surface area contributed by atoms with E-state index < -0.39 is 6.10 Å². The zero-order valence-electron chi connectivity index (χ0n) is 20.4. The van der Waals surface area contributed by atoms with Gasteiger partial charge >= 0.3 is 0 Å². The predicted molar refractivity (Wildman–Crippen MR) is 142 cm³/mol. The molecule has 1 atom stereocenters. The maximum atomic E-state index is 10.4. The smallest absolute Gasteiger partial charge is 0.175 e. The molecule has 0 aliphatic rings. The maximum Gasteiger partial charge on any atom is 0.175 e. The highest BCUT2D eigenvalue weighted by molar-refractivity contribution is 6.33. The number of pyridine rings is 1. The van der Waals surface area contributed by atoms with Crippen molar-refractivity contribution in [1.29, 1.82) is 5.26 Å². The number of aryl methyl sites for hydroxylation is 1. The molecule has 182 valence electrons. The van der Waals surface area contributed by atoms with Crippen molar-refractivity contribution in [3.8, 4) is 17.7 Å². The van der Waals surface area contributed by atoms with E-state index in [1.807, 2.05) is 50.3 Å².